The van der Waals surface area contributed by atoms with Crippen LogP contribution in [0.4, 0.5) is 5.82 Å². The summed E-state index contributed by atoms with van der Waals surface area (Å²) in [5, 5.41) is 6.63. The van der Waals surface area contributed by atoms with Crippen molar-refractivity contribution in [2.24, 2.45) is 5.92 Å². The summed E-state index contributed by atoms with van der Waals surface area (Å²) in [6, 6.07) is 0. The van der Waals surface area contributed by atoms with Crippen LogP contribution in [0.5, 0.6) is 0 Å². The lowest BCUT2D eigenvalue weighted by Crippen LogP contribution is -2.27. The van der Waals surface area contributed by atoms with Crippen molar-refractivity contribution < 1.29 is 0 Å². The Labute approximate surface area is 104 Å². The maximum Gasteiger partial charge on any atom is 0.144 e. The summed E-state index contributed by atoms with van der Waals surface area (Å²) in [5.41, 5.74) is 0.997. The lowest BCUT2D eigenvalue weighted by Gasteiger charge is -2.20. The van der Waals surface area contributed by atoms with Gasteiger partial charge in [0.25, 0.3) is 0 Å². The molecule has 0 aromatic carbocycles. The predicted molar refractivity (Wildman–Crippen MR) is 72.0 cm³/mol. The molecular formula is C13H24N4. The smallest absolute Gasteiger partial charge is 0.144 e. The van der Waals surface area contributed by atoms with E-state index in [1.807, 2.05) is 6.20 Å². The van der Waals surface area contributed by atoms with Crippen molar-refractivity contribution in [3.63, 3.8) is 0 Å². The van der Waals surface area contributed by atoms with Gasteiger partial charge in [-0.25, -0.2) is 4.98 Å². The average molecular weight is 236 g/mol. The van der Waals surface area contributed by atoms with Crippen molar-refractivity contribution in [3.05, 3.63) is 18.1 Å². The van der Waals surface area contributed by atoms with Crippen molar-refractivity contribution in [3.8, 4) is 0 Å². The molecule has 17 heavy (non-hydrogen) atoms. The van der Waals surface area contributed by atoms with Gasteiger partial charge in [0, 0.05) is 12.1 Å². The monoisotopic (exact) mass is 236 g/mol. The van der Waals surface area contributed by atoms with E-state index in [4.69, 9.17) is 0 Å². The Hall–Kier alpha value is -1.16. The third-order valence-corrected chi connectivity index (χ3v) is 2.07. The molecule has 4 nitrogen and oxygen atoms in total. The highest BCUT2D eigenvalue weighted by molar-refractivity contribution is 5.33. The summed E-state index contributed by atoms with van der Waals surface area (Å²) >= 11 is 0. The van der Waals surface area contributed by atoms with E-state index in [9.17, 15) is 0 Å². The van der Waals surface area contributed by atoms with E-state index < -0.39 is 0 Å². The van der Waals surface area contributed by atoms with E-state index in [0.717, 1.165) is 24.6 Å². The quantitative estimate of drug-likeness (QED) is 0.824. The van der Waals surface area contributed by atoms with Crippen LogP contribution in [0.3, 0.4) is 0 Å². The van der Waals surface area contributed by atoms with Crippen LogP contribution in [-0.4, -0.2) is 22.1 Å². The molecule has 0 saturated carbocycles. The van der Waals surface area contributed by atoms with Gasteiger partial charge in [0.1, 0.15) is 5.82 Å². The molecular weight excluding hydrogens is 212 g/mol. The minimum atomic E-state index is 0.0199. The number of nitrogens with one attached hydrogen (secondary N) is 2. The standard InChI is InChI=1S/C13H24N4/c1-10(2)6-14-7-11-8-16-12(9-15-11)17-13(3,4)5/h8-10,14H,6-7H2,1-5H3,(H,16,17). The van der Waals surface area contributed by atoms with Crippen molar-refractivity contribution in [2.75, 3.05) is 11.9 Å². The van der Waals surface area contributed by atoms with Gasteiger partial charge in [0.15, 0.2) is 0 Å². The molecule has 0 atom stereocenters. The first kappa shape index (κ1) is 13.9. The first-order valence-corrected chi connectivity index (χ1v) is 6.16. The molecule has 1 aromatic heterocycles. The molecule has 0 aliphatic carbocycles. The van der Waals surface area contributed by atoms with Crippen LogP contribution in [-0.2, 0) is 6.54 Å². The Kier molecular flexibility index (Phi) is 4.87. The highest BCUT2D eigenvalue weighted by Gasteiger charge is 2.09. The van der Waals surface area contributed by atoms with E-state index in [-0.39, 0.29) is 5.54 Å². The van der Waals surface area contributed by atoms with Gasteiger partial charge in [-0.15, -0.1) is 0 Å². The normalized spacial score (nSPS) is 11.9. The van der Waals surface area contributed by atoms with E-state index in [0.29, 0.717) is 5.92 Å². The molecule has 0 aliphatic heterocycles. The van der Waals surface area contributed by atoms with Gasteiger partial charge in [-0.05, 0) is 33.2 Å². The molecule has 1 rings (SSSR count). The first-order valence-electron chi connectivity index (χ1n) is 6.16. The maximum atomic E-state index is 4.37. The third kappa shape index (κ3) is 6.22. The number of hydrogen-bond donors (Lipinski definition) is 2. The van der Waals surface area contributed by atoms with Crippen molar-refractivity contribution in [1.29, 1.82) is 0 Å². The fraction of sp³-hybridized carbons (Fsp3) is 0.692. The molecule has 1 aromatic rings. The van der Waals surface area contributed by atoms with Gasteiger partial charge in [0.05, 0.1) is 18.1 Å². The zero-order valence-electron chi connectivity index (χ0n) is 11.5. The number of anilines is 1. The molecule has 2 N–H and O–H groups in total. The topological polar surface area (TPSA) is 49.8 Å². The molecule has 1 heterocycles. The van der Waals surface area contributed by atoms with Crippen LogP contribution in [0.25, 0.3) is 0 Å². The van der Waals surface area contributed by atoms with Gasteiger partial charge in [-0.2, -0.15) is 0 Å². The van der Waals surface area contributed by atoms with E-state index in [2.05, 4.69) is 55.2 Å². The second-order valence-corrected chi connectivity index (χ2v) is 5.79. The minimum absolute atomic E-state index is 0.0199. The van der Waals surface area contributed by atoms with Crippen molar-refractivity contribution in [2.45, 2.75) is 46.7 Å². The molecule has 0 fully saturated rings. The zero-order chi connectivity index (χ0) is 12.9. The van der Waals surface area contributed by atoms with Crippen LogP contribution in [0.15, 0.2) is 12.4 Å². The summed E-state index contributed by atoms with van der Waals surface area (Å²) in [5.74, 6) is 1.48. The van der Waals surface area contributed by atoms with Crippen LogP contribution in [0.1, 0.15) is 40.3 Å². The van der Waals surface area contributed by atoms with Gasteiger partial charge in [-0.1, -0.05) is 13.8 Å². The van der Waals surface area contributed by atoms with Crippen molar-refractivity contribution in [1.82, 2.24) is 15.3 Å². The Bertz CT molecular complexity index is 324. The molecule has 0 spiro atoms. The number of rotatable bonds is 5. The molecule has 0 bridgehead atoms. The fourth-order valence-electron chi connectivity index (χ4n) is 1.38. The number of nitrogens with zero attached hydrogens (tertiary/aromatic N) is 2. The Morgan fingerprint density at radius 2 is 1.88 bits per heavy atom. The number of aromatic nitrogens is 2. The molecule has 0 radical (unpaired) electrons. The Morgan fingerprint density at radius 3 is 2.35 bits per heavy atom. The Morgan fingerprint density at radius 1 is 1.18 bits per heavy atom. The first-order chi connectivity index (χ1) is 7.87. The molecule has 0 saturated heterocycles. The summed E-state index contributed by atoms with van der Waals surface area (Å²) in [4.78, 5) is 8.72. The van der Waals surface area contributed by atoms with Crippen LogP contribution in [0, 0.1) is 5.92 Å². The Balaban J connectivity index is 2.45. The molecule has 4 heteroatoms. The summed E-state index contributed by atoms with van der Waals surface area (Å²) in [6.07, 6.45) is 3.61. The fourth-order valence-corrected chi connectivity index (χ4v) is 1.38. The van der Waals surface area contributed by atoms with E-state index in [1.165, 1.54) is 0 Å². The largest absolute Gasteiger partial charge is 0.364 e. The highest BCUT2D eigenvalue weighted by Crippen LogP contribution is 2.10. The van der Waals surface area contributed by atoms with Crippen LogP contribution >= 0.6 is 0 Å². The maximum absolute atomic E-state index is 4.37. The minimum Gasteiger partial charge on any atom is -0.364 e. The van der Waals surface area contributed by atoms with Gasteiger partial charge in [0.2, 0.25) is 0 Å². The SMILES string of the molecule is CC(C)CNCc1cnc(NC(C)(C)C)cn1. The second-order valence-electron chi connectivity index (χ2n) is 5.79. The second kappa shape index (κ2) is 5.96. The average Bonchev–Trinajstić information content (AvgIpc) is 2.18. The van der Waals surface area contributed by atoms with Gasteiger partial charge < -0.3 is 10.6 Å². The van der Waals surface area contributed by atoms with E-state index >= 15 is 0 Å². The van der Waals surface area contributed by atoms with Crippen LogP contribution < -0.4 is 10.6 Å². The predicted octanol–water partition coefficient (Wildman–Crippen LogP) is 2.43. The summed E-state index contributed by atoms with van der Waals surface area (Å²) in [6.45, 7) is 12.5. The highest BCUT2D eigenvalue weighted by atomic mass is 15.1. The summed E-state index contributed by atoms with van der Waals surface area (Å²) in [7, 11) is 0. The van der Waals surface area contributed by atoms with Crippen molar-refractivity contribution >= 4 is 5.82 Å². The number of hydrogen-bond acceptors (Lipinski definition) is 4. The van der Waals surface area contributed by atoms with Gasteiger partial charge >= 0.3 is 0 Å². The molecule has 0 unspecified atom stereocenters. The lowest BCUT2D eigenvalue weighted by atomic mass is 10.1. The molecule has 96 valence electrons. The zero-order valence-corrected chi connectivity index (χ0v) is 11.5. The molecule has 0 aliphatic rings. The van der Waals surface area contributed by atoms with Gasteiger partial charge in [-0.3, -0.25) is 4.98 Å². The van der Waals surface area contributed by atoms with Crippen LogP contribution in [0.2, 0.25) is 0 Å². The third-order valence-electron chi connectivity index (χ3n) is 2.07. The van der Waals surface area contributed by atoms with E-state index in [1.54, 1.807) is 6.20 Å². The summed E-state index contributed by atoms with van der Waals surface area (Å²) < 4.78 is 0. The molecule has 0 amide bonds. The lowest BCUT2D eigenvalue weighted by molar-refractivity contribution is 0.547.